The predicted octanol–water partition coefficient (Wildman–Crippen LogP) is 11.2. The van der Waals surface area contributed by atoms with E-state index in [9.17, 15) is 5.11 Å². The summed E-state index contributed by atoms with van der Waals surface area (Å²) in [7, 11) is -3.91. The van der Waals surface area contributed by atoms with Gasteiger partial charge in [0, 0.05) is 17.4 Å². The molecule has 6 heteroatoms. The molecule has 3 rings (SSSR count). The van der Waals surface area contributed by atoms with Crippen LogP contribution in [-0.2, 0) is 8.85 Å². The third kappa shape index (κ3) is 8.55. The molecule has 0 radical (unpaired) electrons. The molecule has 0 saturated heterocycles. The van der Waals surface area contributed by atoms with Gasteiger partial charge in [-0.3, -0.25) is 0 Å². The highest BCUT2D eigenvalue weighted by atomic mass is 32.2. The summed E-state index contributed by atoms with van der Waals surface area (Å²) in [5, 5.41) is 11.2. The Balaban J connectivity index is 1.87. The van der Waals surface area contributed by atoms with Crippen molar-refractivity contribution in [3.05, 3.63) is 47.1 Å². The van der Waals surface area contributed by atoms with Gasteiger partial charge >= 0.3 is 0 Å². The predicted molar refractivity (Wildman–Crippen MR) is 200 cm³/mol. The topological polar surface area (TPSA) is 38.7 Å². The van der Waals surface area contributed by atoms with Crippen molar-refractivity contribution >= 4 is 28.4 Å². The van der Waals surface area contributed by atoms with Crippen LogP contribution in [0.2, 0.25) is 36.3 Å². The summed E-state index contributed by atoms with van der Waals surface area (Å²) in [4.78, 5) is 0. The second kappa shape index (κ2) is 14.0. The van der Waals surface area contributed by atoms with Crippen molar-refractivity contribution in [2.24, 2.45) is 17.3 Å². The van der Waals surface area contributed by atoms with E-state index in [0.29, 0.717) is 17.1 Å². The van der Waals surface area contributed by atoms with Crippen LogP contribution in [0.15, 0.2) is 47.1 Å². The van der Waals surface area contributed by atoms with Crippen LogP contribution in [-0.4, -0.2) is 51.1 Å². The molecule has 0 bridgehead atoms. The normalized spacial score (nSPS) is 30.6. The first kappa shape index (κ1) is 38.1. The summed E-state index contributed by atoms with van der Waals surface area (Å²) in [6.07, 6.45) is 14.0. The number of hydrogen-bond acceptors (Lipinski definition) is 4. The number of allylic oxidation sites excluding steroid dienone is 4. The molecule has 2 saturated carbocycles. The van der Waals surface area contributed by atoms with E-state index in [1.54, 1.807) is 11.1 Å². The molecule has 0 unspecified atom stereocenters. The molecule has 6 atom stereocenters. The Morgan fingerprint density at radius 1 is 1.02 bits per heavy atom. The van der Waals surface area contributed by atoms with Gasteiger partial charge in [-0.05, 0) is 104 Å². The Morgan fingerprint density at radius 3 is 2.18 bits per heavy atom. The average Bonchev–Trinajstić information content (AvgIpc) is 3.23. The second-order valence-corrected chi connectivity index (χ2v) is 28.7. The van der Waals surface area contributed by atoms with Crippen molar-refractivity contribution in [3.8, 4) is 0 Å². The fourth-order valence-corrected chi connectivity index (χ4v) is 10.9. The molecule has 0 spiro atoms. The largest absolute Gasteiger partial charge is 0.413 e. The van der Waals surface area contributed by atoms with E-state index in [1.807, 2.05) is 11.8 Å². The zero-order valence-corrected chi connectivity index (χ0v) is 33.8. The molecule has 0 heterocycles. The standard InChI is InChI=1S/C38H68O3SSi2/c1-26(2)34(39)25-42-28(4)32-20-21-33-29(17-16-22-38(32,33)11)18-19-30-23-31(40-43(12,13)36(5,6)7)24-35(27(30)3)41-44(14,15)37(8,9)10/h18-20,26,28,31,33-35,39H,3,16-17,21-25H2,1-2,4-15H3/t28-,31-,33+,34-,35+,38-/m1/s1. The van der Waals surface area contributed by atoms with E-state index in [2.05, 4.69) is 120 Å². The summed E-state index contributed by atoms with van der Waals surface area (Å²) in [6, 6.07) is 0. The van der Waals surface area contributed by atoms with Crippen molar-refractivity contribution in [2.75, 3.05) is 5.75 Å². The molecular formula is C38H68O3SSi2. The van der Waals surface area contributed by atoms with E-state index >= 15 is 0 Å². The summed E-state index contributed by atoms with van der Waals surface area (Å²) >= 11 is 1.93. The minimum Gasteiger partial charge on any atom is -0.413 e. The van der Waals surface area contributed by atoms with Gasteiger partial charge in [0.2, 0.25) is 0 Å². The van der Waals surface area contributed by atoms with E-state index < -0.39 is 16.6 Å². The number of thioether (sulfide) groups is 1. The SMILES string of the molecule is C=C1C(=CC=C2CCC[C@]3(C)C([C@@H](C)SC[C@@H](O)C(C)C)=CC[C@@H]23)C[C@@H](O[Si](C)(C)C(C)(C)C)C[C@@H]1O[Si](C)(C)C(C)(C)C. The van der Waals surface area contributed by atoms with Crippen LogP contribution in [0.25, 0.3) is 0 Å². The van der Waals surface area contributed by atoms with Crippen molar-refractivity contribution in [1.29, 1.82) is 0 Å². The molecule has 3 nitrogen and oxygen atoms in total. The van der Waals surface area contributed by atoms with Crippen LogP contribution < -0.4 is 0 Å². The highest BCUT2D eigenvalue weighted by Crippen LogP contribution is 2.57. The molecule has 2 fully saturated rings. The Kier molecular flexibility index (Phi) is 12.1. The maximum absolute atomic E-state index is 10.4. The maximum atomic E-state index is 10.4. The lowest BCUT2D eigenvalue weighted by Gasteiger charge is -2.45. The van der Waals surface area contributed by atoms with Gasteiger partial charge in [-0.1, -0.05) is 98.3 Å². The van der Waals surface area contributed by atoms with Crippen molar-refractivity contribution in [2.45, 2.75) is 168 Å². The lowest BCUT2D eigenvalue weighted by molar-refractivity contribution is 0.0969. The number of aliphatic hydroxyl groups is 1. The first-order chi connectivity index (χ1) is 20.0. The third-order valence-electron chi connectivity index (χ3n) is 12.1. The summed E-state index contributed by atoms with van der Waals surface area (Å²) in [6.45, 7) is 37.2. The minimum absolute atomic E-state index is 0.0134. The Hall–Kier alpha value is -0.376. The van der Waals surface area contributed by atoms with Gasteiger partial charge in [0.25, 0.3) is 0 Å². The van der Waals surface area contributed by atoms with Crippen molar-refractivity contribution in [3.63, 3.8) is 0 Å². The molecule has 0 aliphatic heterocycles. The van der Waals surface area contributed by atoms with Crippen LogP contribution >= 0.6 is 11.8 Å². The van der Waals surface area contributed by atoms with Gasteiger partial charge in [0.05, 0.1) is 18.3 Å². The van der Waals surface area contributed by atoms with E-state index in [1.165, 1.54) is 30.4 Å². The monoisotopic (exact) mass is 660 g/mol. The third-order valence-corrected chi connectivity index (χ3v) is 22.4. The number of aliphatic hydroxyl groups excluding tert-OH is 1. The first-order valence-electron chi connectivity index (χ1n) is 17.4. The van der Waals surface area contributed by atoms with Gasteiger partial charge in [-0.25, -0.2) is 0 Å². The average molecular weight is 661 g/mol. The molecule has 0 amide bonds. The van der Waals surface area contributed by atoms with E-state index in [4.69, 9.17) is 8.85 Å². The molecule has 0 aromatic carbocycles. The summed E-state index contributed by atoms with van der Waals surface area (Å²) in [5.74, 6) is 1.68. The quantitative estimate of drug-likeness (QED) is 0.187. The van der Waals surface area contributed by atoms with Gasteiger partial charge in [-0.15, -0.1) is 0 Å². The highest BCUT2D eigenvalue weighted by molar-refractivity contribution is 8.00. The summed E-state index contributed by atoms with van der Waals surface area (Å²) < 4.78 is 14.1. The van der Waals surface area contributed by atoms with Crippen molar-refractivity contribution < 1.29 is 14.0 Å². The highest BCUT2D eigenvalue weighted by Gasteiger charge is 2.47. The second-order valence-electron chi connectivity index (χ2n) is 17.8. The molecule has 252 valence electrons. The Morgan fingerprint density at radius 2 is 1.61 bits per heavy atom. The van der Waals surface area contributed by atoms with Gasteiger partial charge in [-0.2, -0.15) is 11.8 Å². The van der Waals surface area contributed by atoms with Crippen LogP contribution in [0.1, 0.15) is 108 Å². The lowest BCUT2D eigenvalue weighted by atomic mass is 9.64. The number of fused-ring (bicyclic) bond motifs is 1. The fourth-order valence-electron chi connectivity index (χ4n) is 6.77. The molecule has 3 aliphatic rings. The first-order valence-corrected chi connectivity index (χ1v) is 24.3. The van der Waals surface area contributed by atoms with Crippen LogP contribution in [0.5, 0.6) is 0 Å². The Bertz CT molecular complexity index is 1120. The Labute approximate surface area is 279 Å². The maximum Gasteiger partial charge on any atom is 0.192 e. The molecule has 0 aromatic rings. The zero-order chi connectivity index (χ0) is 33.5. The molecular weight excluding hydrogens is 593 g/mol. The summed E-state index contributed by atoms with van der Waals surface area (Å²) in [5.41, 5.74) is 5.90. The van der Waals surface area contributed by atoms with Gasteiger partial charge < -0.3 is 14.0 Å². The number of hydrogen-bond donors (Lipinski definition) is 1. The molecule has 1 N–H and O–H groups in total. The molecule has 0 aromatic heterocycles. The van der Waals surface area contributed by atoms with E-state index in [0.717, 1.165) is 25.0 Å². The van der Waals surface area contributed by atoms with Crippen LogP contribution in [0.4, 0.5) is 0 Å². The number of rotatable bonds is 10. The van der Waals surface area contributed by atoms with Crippen molar-refractivity contribution in [1.82, 2.24) is 0 Å². The lowest BCUT2D eigenvalue weighted by Crippen LogP contribution is -2.49. The zero-order valence-electron chi connectivity index (χ0n) is 31.0. The van der Waals surface area contributed by atoms with Crippen LogP contribution in [0.3, 0.4) is 0 Å². The fraction of sp³-hybridized carbons (Fsp3) is 0.789. The van der Waals surface area contributed by atoms with Crippen LogP contribution in [0, 0.1) is 17.3 Å². The smallest absolute Gasteiger partial charge is 0.192 e. The van der Waals surface area contributed by atoms with Gasteiger partial charge in [0.15, 0.2) is 16.6 Å². The molecule has 3 aliphatic carbocycles. The van der Waals surface area contributed by atoms with E-state index in [-0.39, 0.29) is 33.8 Å². The van der Waals surface area contributed by atoms with Gasteiger partial charge in [0.1, 0.15) is 0 Å². The minimum atomic E-state index is -1.98. The molecule has 44 heavy (non-hydrogen) atoms.